The molecule has 1 aliphatic heterocycles. The van der Waals surface area contributed by atoms with Crippen LogP contribution in [-0.2, 0) is 19.6 Å². The van der Waals surface area contributed by atoms with Gasteiger partial charge in [-0.2, -0.15) is 5.26 Å². The van der Waals surface area contributed by atoms with E-state index in [1.807, 2.05) is 31.2 Å². The van der Waals surface area contributed by atoms with Crippen molar-refractivity contribution >= 4 is 11.6 Å². The summed E-state index contributed by atoms with van der Waals surface area (Å²) in [5, 5.41) is 22.5. The second kappa shape index (κ2) is 12.9. The van der Waals surface area contributed by atoms with Crippen LogP contribution in [0.3, 0.4) is 0 Å². The quantitative estimate of drug-likeness (QED) is 0.224. The lowest BCUT2D eigenvalue weighted by atomic mass is 9.96. The Morgan fingerprint density at radius 2 is 1.95 bits per heavy atom. The molecule has 1 aliphatic carbocycles. The van der Waals surface area contributed by atoms with Gasteiger partial charge >= 0.3 is 0 Å². The van der Waals surface area contributed by atoms with Crippen molar-refractivity contribution in [3.05, 3.63) is 99.8 Å². The van der Waals surface area contributed by atoms with E-state index < -0.39 is 0 Å². The number of rotatable bonds is 10. The SMILES string of the molecule is C[C@H](CO)NCc1cc(Cl)c(O[C@H]2CCc3c(-c4ccc5c(c4)OCCO5)cccc32)cc1OCc1cncc(C#N)c1. The van der Waals surface area contributed by atoms with Gasteiger partial charge in [-0.05, 0) is 66.3 Å². The summed E-state index contributed by atoms with van der Waals surface area (Å²) in [4.78, 5) is 4.13. The van der Waals surface area contributed by atoms with Gasteiger partial charge in [-0.3, -0.25) is 4.98 Å². The molecule has 0 unspecified atom stereocenters. The van der Waals surface area contributed by atoms with Crippen molar-refractivity contribution in [3.63, 3.8) is 0 Å². The number of nitrogens with zero attached hydrogens (tertiary/aromatic N) is 2. The van der Waals surface area contributed by atoms with E-state index in [-0.39, 0.29) is 25.4 Å². The maximum absolute atomic E-state index is 9.48. The Morgan fingerprint density at radius 1 is 1.09 bits per heavy atom. The fraction of sp³-hybridized carbons (Fsp3) is 0.294. The molecule has 0 radical (unpaired) electrons. The molecule has 6 rings (SSSR count). The molecule has 2 atom stereocenters. The number of ether oxygens (including phenoxy) is 4. The summed E-state index contributed by atoms with van der Waals surface area (Å²) in [5.74, 6) is 2.67. The second-order valence-corrected chi connectivity index (χ2v) is 11.1. The fourth-order valence-electron chi connectivity index (χ4n) is 5.45. The number of aliphatic hydroxyl groups excluding tert-OH is 1. The summed E-state index contributed by atoms with van der Waals surface area (Å²) in [5.41, 5.74) is 6.69. The van der Waals surface area contributed by atoms with Gasteiger partial charge in [0.1, 0.15) is 43.5 Å². The number of hydrogen-bond acceptors (Lipinski definition) is 8. The van der Waals surface area contributed by atoms with Gasteiger partial charge in [0.05, 0.1) is 17.2 Å². The lowest BCUT2D eigenvalue weighted by Crippen LogP contribution is -2.28. The molecule has 0 amide bonds. The molecule has 8 nitrogen and oxygen atoms in total. The maximum Gasteiger partial charge on any atom is 0.161 e. The van der Waals surface area contributed by atoms with E-state index in [1.165, 1.54) is 11.8 Å². The smallest absolute Gasteiger partial charge is 0.161 e. The predicted molar refractivity (Wildman–Crippen MR) is 163 cm³/mol. The Kier molecular flexibility index (Phi) is 8.66. The standard InChI is InChI=1S/C34H32ClN3O5/c1-21(19-39)38-18-25-12-29(35)33(14-32(25)42-20-23-11-22(15-36)16-37-17-23)43-30-8-6-27-26(3-2-4-28(27)30)24-5-7-31-34(13-24)41-10-9-40-31/h2-5,7,11-14,16-17,21,30,38-39H,6,8-10,18-20H2,1H3/t21-,30+/m1/s1. The number of nitrogens with one attached hydrogen (secondary N) is 1. The van der Waals surface area contributed by atoms with E-state index in [2.05, 4.69) is 40.6 Å². The van der Waals surface area contributed by atoms with Crippen LogP contribution in [0.4, 0.5) is 0 Å². The van der Waals surface area contributed by atoms with Crippen molar-refractivity contribution in [2.24, 2.45) is 0 Å². The molecule has 2 heterocycles. The number of aliphatic hydroxyl groups is 1. The van der Waals surface area contributed by atoms with Crippen LogP contribution in [0.1, 0.15) is 47.3 Å². The summed E-state index contributed by atoms with van der Waals surface area (Å²) in [6.45, 7) is 3.68. The normalized spacial score (nSPS) is 15.8. The van der Waals surface area contributed by atoms with E-state index in [4.69, 9.17) is 30.5 Å². The van der Waals surface area contributed by atoms with Crippen LogP contribution in [0.2, 0.25) is 5.02 Å². The molecule has 220 valence electrons. The number of fused-ring (bicyclic) bond motifs is 2. The van der Waals surface area contributed by atoms with Gasteiger partial charge < -0.3 is 29.4 Å². The zero-order valence-electron chi connectivity index (χ0n) is 23.8. The first-order valence-electron chi connectivity index (χ1n) is 14.3. The molecule has 0 saturated carbocycles. The van der Waals surface area contributed by atoms with Crippen molar-refractivity contribution in [3.8, 4) is 40.2 Å². The number of nitriles is 1. The van der Waals surface area contributed by atoms with Crippen molar-refractivity contribution in [2.75, 3.05) is 19.8 Å². The fourth-order valence-corrected chi connectivity index (χ4v) is 5.68. The molecular weight excluding hydrogens is 566 g/mol. The summed E-state index contributed by atoms with van der Waals surface area (Å²) in [6, 6.07) is 19.8. The van der Waals surface area contributed by atoms with Gasteiger partial charge in [0.15, 0.2) is 11.5 Å². The van der Waals surface area contributed by atoms with E-state index >= 15 is 0 Å². The predicted octanol–water partition coefficient (Wildman–Crippen LogP) is 6.16. The van der Waals surface area contributed by atoms with E-state index in [0.29, 0.717) is 41.8 Å². The zero-order chi connectivity index (χ0) is 29.8. The molecule has 0 fully saturated rings. The summed E-state index contributed by atoms with van der Waals surface area (Å²) >= 11 is 6.78. The van der Waals surface area contributed by atoms with Gasteiger partial charge in [-0.25, -0.2) is 0 Å². The Morgan fingerprint density at radius 3 is 2.79 bits per heavy atom. The number of benzene rings is 3. The molecule has 2 N–H and O–H groups in total. The van der Waals surface area contributed by atoms with Crippen LogP contribution < -0.4 is 24.3 Å². The average molecular weight is 598 g/mol. The van der Waals surface area contributed by atoms with Crippen molar-refractivity contribution in [1.29, 1.82) is 5.26 Å². The Balaban J connectivity index is 1.26. The van der Waals surface area contributed by atoms with Gasteiger partial charge in [-0.1, -0.05) is 35.9 Å². The van der Waals surface area contributed by atoms with Crippen molar-refractivity contribution in [2.45, 2.75) is 45.1 Å². The first kappa shape index (κ1) is 28.8. The third-order valence-electron chi connectivity index (χ3n) is 7.69. The summed E-state index contributed by atoms with van der Waals surface area (Å²) in [7, 11) is 0. The van der Waals surface area contributed by atoms with Gasteiger partial charge in [-0.15, -0.1) is 0 Å². The van der Waals surface area contributed by atoms with Gasteiger partial charge in [0, 0.05) is 42.2 Å². The highest BCUT2D eigenvalue weighted by Crippen LogP contribution is 2.44. The van der Waals surface area contributed by atoms with E-state index in [9.17, 15) is 10.4 Å². The van der Waals surface area contributed by atoms with Crippen LogP contribution in [0.5, 0.6) is 23.0 Å². The topological polar surface area (TPSA) is 106 Å². The number of hydrogen-bond donors (Lipinski definition) is 2. The van der Waals surface area contributed by atoms with Gasteiger partial charge in [0.25, 0.3) is 0 Å². The molecular formula is C34H32ClN3O5. The highest BCUT2D eigenvalue weighted by Gasteiger charge is 2.28. The Hall–Kier alpha value is -4.29. The first-order chi connectivity index (χ1) is 21.0. The first-order valence-corrected chi connectivity index (χ1v) is 14.7. The molecule has 4 aromatic rings. The molecule has 2 aliphatic rings. The van der Waals surface area contributed by atoms with Crippen molar-refractivity contribution in [1.82, 2.24) is 10.3 Å². The lowest BCUT2D eigenvalue weighted by molar-refractivity contribution is 0.171. The van der Waals surface area contributed by atoms with Crippen LogP contribution in [0.15, 0.2) is 67.0 Å². The Bertz CT molecular complexity index is 1670. The number of aromatic nitrogens is 1. The van der Waals surface area contributed by atoms with Gasteiger partial charge in [0.2, 0.25) is 0 Å². The van der Waals surface area contributed by atoms with Crippen molar-refractivity contribution < 1.29 is 24.1 Å². The van der Waals surface area contributed by atoms with Crippen LogP contribution >= 0.6 is 11.6 Å². The minimum atomic E-state index is -0.174. The number of pyridine rings is 1. The molecule has 1 aromatic heterocycles. The molecule has 43 heavy (non-hydrogen) atoms. The Labute approximate surface area is 255 Å². The van der Waals surface area contributed by atoms with Crippen LogP contribution in [-0.4, -0.2) is 36.0 Å². The molecule has 9 heteroatoms. The monoisotopic (exact) mass is 597 g/mol. The molecule has 0 spiro atoms. The highest BCUT2D eigenvalue weighted by molar-refractivity contribution is 6.32. The summed E-state index contributed by atoms with van der Waals surface area (Å²) < 4.78 is 24.3. The van der Waals surface area contributed by atoms with Crippen LogP contribution in [0, 0.1) is 11.3 Å². The molecule has 0 saturated heterocycles. The highest BCUT2D eigenvalue weighted by atomic mass is 35.5. The summed E-state index contributed by atoms with van der Waals surface area (Å²) in [6.07, 6.45) is 4.70. The largest absolute Gasteiger partial charge is 0.488 e. The van der Waals surface area contributed by atoms with E-state index in [1.54, 1.807) is 12.3 Å². The third kappa shape index (κ3) is 6.40. The van der Waals surface area contributed by atoms with Crippen LogP contribution in [0.25, 0.3) is 11.1 Å². The van der Waals surface area contributed by atoms with E-state index in [0.717, 1.165) is 52.2 Å². The zero-order valence-corrected chi connectivity index (χ0v) is 24.6. The molecule has 3 aromatic carbocycles. The average Bonchev–Trinajstić information content (AvgIpc) is 3.46. The maximum atomic E-state index is 9.48. The molecule has 0 bridgehead atoms. The lowest BCUT2D eigenvalue weighted by Gasteiger charge is -2.21. The third-order valence-corrected chi connectivity index (χ3v) is 7.98. The second-order valence-electron chi connectivity index (χ2n) is 10.7. The number of halogens is 1. The minimum Gasteiger partial charge on any atom is -0.488 e. The minimum absolute atomic E-state index is 0.00702.